The first-order chi connectivity index (χ1) is 24.6. The molecule has 2 rings (SSSR count). The van der Waals surface area contributed by atoms with E-state index < -0.39 is 12.2 Å². The molecule has 0 fully saturated rings. The number of ketones is 2. The minimum Gasteiger partial charge on any atom is -0.485 e. The smallest absolute Gasteiger partial charge is 0.200 e. The summed E-state index contributed by atoms with van der Waals surface area (Å²) in [6.45, 7) is 9.01. The minimum absolute atomic E-state index is 0.135. The van der Waals surface area contributed by atoms with Crippen LogP contribution in [0.1, 0.15) is 207 Å². The summed E-state index contributed by atoms with van der Waals surface area (Å²) in [4.78, 5) is 27.5. The van der Waals surface area contributed by atoms with Crippen LogP contribution in [0.15, 0.2) is 59.1 Å². The number of carbonyl (C=O) groups is 2. The molecule has 50 heavy (non-hydrogen) atoms. The van der Waals surface area contributed by atoms with Gasteiger partial charge in [-0.05, 0) is 98.0 Å². The lowest BCUT2D eigenvalue weighted by Gasteiger charge is -2.26. The Morgan fingerprint density at radius 1 is 0.440 bits per heavy atom. The van der Waals surface area contributed by atoms with Crippen LogP contribution >= 0.6 is 0 Å². The van der Waals surface area contributed by atoms with Crippen LogP contribution in [0.5, 0.6) is 0 Å². The maximum absolute atomic E-state index is 13.8. The monoisotopic (exact) mass is 693 g/mol. The summed E-state index contributed by atoms with van der Waals surface area (Å²) < 4.78 is 12.0. The van der Waals surface area contributed by atoms with E-state index in [2.05, 4.69) is 39.8 Å². The van der Waals surface area contributed by atoms with Crippen molar-refractivity contribution in [2.75, 3.05) is 0 Å². The van der Waals surface area contributed by atoms with E-state index in [0.29, 0.717) is 0 Å². The molecule has 0 saturated heterocycles. The second-order valence-electron chi connectivity index (χ2n) is 14.9. The molecule has 4 nitrogen and oxygen atoms in total. The van der Waals surface area contributed by atoms with Gasteiger partial charge in [-0.2, -0.15) is 0 Å². The molecule has 0 saturated carbocycles. The summed E-state index contributed by atoms with van der Waals surface area (Å²) in [6.07, 6.45) is 42.6. The molecule has 4 heteroatoms. The molecule has 2 unspecified atom stereocenters. The molecule has 0 amide bonds. The second-order valence-corrected chi connectivity index (χ2v) is 14.9. The molecule has 2 aliphatic rings. The highest BCUT2D eigenvalue weighted by molar-refractivity contribution is 6.04. The van der Waals surface area contributed by atoms with Crippen LogP contribution in [-0.4, -0.2) is 23.8 Å². The standard InChI is InChI=1S/C46H76O4/c1-5-9-13-17-21-25-29-39-35-37-49-45(41(39)31-27-23-19-15-11-7-3)43(47)33-34-44(48)46-42(32-28-24-20-16-12-8-4)40(36-38-50-46)30-26-22-18-14-10-6-2/h33-38,45-46H,5-32H2,1-4H3. The van der Waals surface area contributed by atoms with E-state index >= 15 is 0 Å². The third kappa shape index (κ3) is 18.2. The average molecular weight is 693 g/mol. The third-order valence-corrected chi connectivity index (χ3v) is 10.6. The molecule has 0 aromatic rings. The van der Waals surface area contributed by atoms with E-state index in [1.54, 1.807) is 12.5 Å². The highest BCUT2D eigenvalue weighted by atomic mass is 16.5. The maximum Gasteiger partial charge on any atom is 0.200 e. The van der Waals surface area contributed by atoms with Gasteiger partial charge in [0.1, 0.15) is 0 Å². The Morgan fingerprint density at radius 3 is 1.04 bits per heavy atom. The molecule has 0 aromatic heterocycles. The summed E-state index contributed by atoms with van der Waals surface area (Å²) in [5.74, 6) is -0.270. The van der Waals surface area contributed by atoms with Crippen LogP contribution in [-0.2, 0) is 19.1 Å². The topological polar surface area (TPSA) is 52.6 Å². The van der Waals surface area contributed by atoms with Gasteiger partial charge in [0.05, 0.1) is 12.5 Å². The lowest BCUT2D eigenvalue weighted by molar-refractivity contribution is -0.123. The Balaban J connectivity index is 2.14. The Morgan fingerprint density at radius 2 is 0.720 bits per heavy atom. The van der Waals surface area contributed by atoms with Crippen molar-refractivity contribution in [1.82, 2.24) is 0 Å². The van der Waals surface area contributed by atoms with E-state index in [0.717, 1.165) is 62.5 Å². The van der Waals surface area contributed by atoms with Crippen molar-refractivity contribution in [3.05, 3.63) is 59.1 Å². The van der Waals surface area contributed by atoms with Crippen LogP contribution in [0.4, 0.5) is 0 Å². The van der Waals surface area contributed by atoms with Gasteiger partial charge >= 0.3 is 0 Å². The van der Waals surface area contributed by atoms with Crippen LogP contribution in [0, 0.1) is 0 Å². The third-order valence-electron chi connectivity index (χ3n) is 10.6. The van der Waals surface area contributed by atoms with E-state index in [1.165, 1.54) is 152 Å². The SMILES string of the molecule is CCCCCCCCC1=C(CCCCCCCC)C(C(=O)C=CC(=O)C2OC=CC(CCCCCCCC)=C2CCCCCCCC)OC=C1. The number of unbranched alkanes of at least 4 members (excludes halogenated alkanes) is 20. The summed E-state index contributed by atoms with van der Waals surface area (Å²) in [6, 6.07) is 0. The minimum atomic E-state index is -0.636. The fraction of sp³-hybridized carbons (Fsp3) is 0.739. The highest BCUT2D eigenvalue weighted by Gasteiger charge is 2.29. The molecule has 2 atom stereocenters. The van der Waals surface area contributed by atoms with Crippen LogP contribution < -0.4 is 0 Å². The maximum atomic E-state index is 13.8. The highest BCUT2D eigenvalue weighted by Crippen LogP contribution is 2.31. The predicted molar refractivity (Wildman–Crippen MR) is 213 cm³/mol. The predicted octanol–water partition coefficient (Wildman–Crippen LogP) is 14.1. The average Bonchev–Trinajstić information content (AvgIpc) is 3.13. The fourth-order valence-corrected chi connectivity index (χ4v) is 7.39. The van der Waals surface area contributed by atoms with E-state index in [4.69, 9.17) is 9.47 Å². The first kappa shape index (κ1) is 43.8. The van der Waals surface area contributed by atoms with Crippen LogP contribution in [0.3, 0.4) is 0 Å². The summed E-state index contributed by atoms with van der Waals surface area (Å²) >= 11 is 0. The zero-order valence-electron chi connectivity index (χ0n) is 33.1. The van der Waals surface area contributed by atoms with Gasteiger partial charge in [0, 0.05) is 0 Å². The van der Waals surface area contributed by atoms with Gasteiger partial charge in [-0.1, -0.05) is 156 Å². The van der Waals surface area contributed by atoms with Crippen molar-refractivity contribution < 1.29 is 19.1 Å². The molecule has 0 aliphatic carbocycles. The van der Waals surface area contributed by atoms with Gasteiger partial charge in [-0.25, -0.2) is 0 Å². The summed E-state index contributed by atoms with van der Waals surface area (Å²) in [7, 11) is 0. The summed E-state index contributed by atoms with van der Waals surface area (Å²) in [5.41, 5.74) is 4.78. The molecular formula is C46H76O4. The quantitative estimate of drug-likeness (QED) is 0.0520. The number of hydrogen-bond donors (Lipinski definition) is 0. The van der Waals surface area contributed by atoms with Crippen molar-refractivity contribution >= 4 is 11.6 Å². The Kier molecular flexibility index (Phi) is 25.6. The Hall–Kier alpha value is -2.36. The zero-order chi connectivity index (χ0) is 36.1. The van der Waals surface area contributed by atoms with Crippen molar-refractivity contribution in [1.29, 1.82) is 0 Å². The Bertz CT molecular complexity index is 990. The van der Waals surface area contributed by atoms with Gasteiger partial charge in [-0.3, -0.25) is 9.59 Å². The van der Waals surface area contributed by atoms with Crippen molar-refractivity contribution in [2.45, 2.75) is 220 Å². The molecule has 0 N–H and O–H groups in total. The zero-order valence-corrected chi connectivity index (χ0v) is 33.1. The fourth-order valence-electron chi connectivity index (χ4n) is 7.39. The molecular weight excluding hydrogens is 617 g/mol. The molecule has 0 spiro atoms. The van der Waals surface area contributed by atoms with Gasteiger partial charge in [-0.15, -0.1) is 0 Å². The molecule has 0 radical (unpaired) electrons. The van der Waals surface area contributed by atoms with Gasteiger partial charge < -0.3 is 9.47 Å². The first-order valence-electron chi connectivity index (χ1n) is 21.4. The van der Waals surface area contributed by atoms with Crippen molar-refractivity contribution in [3.63, 3.8) is 0 Å². The van der Waals surface area contributed by atoms with Gasteiger partial charge in [0.15, 0.2) is 12.2 Å². The largest absolute Gasteiger partial charge is 0.485 e. The first-order valence-corrected chi connectivity index (χ1v) is 21.4. The van der Waals surface area contributed by atoms with Crippen LogP contribution in [0.25, 0.3) is 0 Å². The second kappa shape index (κ2) is 29.2. The van der Waals surface area contributed by atoms with Crippen LogP contribution in [0.2, 0.25) is 0 Å². The molecule has 284 valence electrons. The van der Waals surface area contributed by atoms with E-state index in [-0.39, 0.29) is 11.6 Å². The lowest BCUT2D eigenvalue weighted by Crippen LogP contribution is -2.29. The Labute approximate surface area is 308 Å². The van der Waals surface area contributed by atoms with E-state index in [9.17, 15) is 9.59 Å². The lowest BCUT2D eigenvalue weighted by atomic mass is 9.88. The van der Waals surface area contributed by atoms with E-state index in [1.807, 2.05) is 0 Å². The number of rotatable bonds is 32. The summed E-state index contributed by atoms with van der Waals surface area (Å²) in [5, 5.41) is 0. The molecule has 0 bridgehead atoms. The number of allylic oxidation sites excluding steroid dienone is 4. The van der Waals surface area contributed by atoms with Gasteiger partial charge in [0.25, 0.3) is 0 Å². The normalized spacial score (nSPS) is 17.5. The molecule has 0 aromatic carbocycles. The van der Waals surface area contributed by atoms with Gasteiger partial charge in [0.2, 0.25) is 11.6 Å². The van der Waals surface area contributed by atoms with Crippen molar-refractivity contribution in [2.24, 2.45) is 0 Å². The number of hydrogen-bond acceptors (Lipinski definition) is 4. The number of ether oxygens (including phenoxy) is 2. The molecule has 2 aliphatic heterocycles. The molecule has 2 heterocycles. The van der Waals surface area contributed by atoms with Crippen molar-refractivity contribution in [3.8, 4) is 0 Å². The number of carbonyl (C=O) groups excluding carboxylic acids is 2.